The largest absolute Gasteiger partial charge is 0.292 e. The normalized spacial score (nSPS) is 18.8. The lowest BCUT2D eigenvalue weighted by Gasteiger charge is -2.31. The molecular weight excluding hydrogens is 336 g/mol. The lowest BCUT2D eigenvalue weighted by atomic mass is 9.93. The van der Waals surface area contributed by atoms with E-state index in [9.17, 15) is 13.2 Å². The molecule has 0 aliphatic carbocycles. The van der Waals surface area contributed by atoms with Gasteiger partial charge in [-0.2, -0.15) is 0 Å². The number of piperidine rings is 1. The Morgan fingerprint density at radius 1 is 1.20 bits per heavy atom. The molecule has 1 aromatic carbocycles. The molecule has 0 N–H and O–H groups in total. The Balaban J connectivity index is 1.71. The smallest absolute Gasteiger partial charge is 0.218 e. The number of carbonyl (C=O) groups is 1. The van der Waals surface area contributed by atoms with Crippen molar-refractivity contribution in [1.82, 2.24) is 9.29 Å². The molecule has 0 amide bonds. The topological polar surface area (TPSA) is 67.3 Å². The number of sulfonamides is 1. The minimum absolute atomic E-state index is 0.0300. The first kappa shape index (κ1) is 17.8. The van der Waals surface area contributed by atoms with Crippen molar-refractivity contribution in [3.63, 3.8) is 0 Å². The van der Waals surface area contributed by atoms with Crippen molar-refractivity contribution in [2.75, 3.05) is 13.1 Å². The molecule has 0 spiro atoms. The zero-order valence-electron chi connectivity index (χ0n) is 14.3. The number of hydrogen-bond acceptors (Lipinski definition) is 4. The van der Waals surface area contributed by atoms with Crippen LogP contribution in [0.5, 0.6) is 0 Å². The van der Waals surface area contributed by atoms with E-state index in [1.54, 1.807) is 24.4 Å². The highest BCUT2D eigenvalue weighted by Gasteiger charge is 2.33. The van der Waals surface area contributed by atoms with Gasteiger partial charge in [0.25, 0.3) is 0 Å². The molecule has 3 rings (SSSR count). The molecule has 0 bridgehead atoms. The Hall–Kier alpha value is -2.05. The Morgan fingerprint density at radius 3 is 2.64 bits per heavy atom. The van der Waals surface area contributed by atoms with Crippen molar-refractivity contribution in [2.45, 2.75) is 25.5 Å². The number of pyridine rings is 1. The average molecular weight is 358 g/mol. The highest BCUT2D eigenvalue weighted by Crippen LogP contribution is 2.24. The van der Waals surface area contributed by atoms with Crippen molar-refractivity contribution >= 4 is 15.8 Å². The minimum Gasteiger partial charge on any atom is -0.292 e. The van der Waals surface area contributed by atoms with E-state index in [1.165, 1.54) is 4.31 Å². The van der Waals surface area contributed by atoms with Gasteiger partial charge in [-0.25, -0.2) is 12.7 Å². The lowest BCUT2D eigenvalue weighted by Crippen LogP contribution is -2.42. The van der Waals surface area contributed by atoms with Crippen molar-refractivity contribution in [1.29, 1.82) is 0 Å². The Kier molecular flexibility index (Phi) is 5.30. The number of nitrogens with zero attached hydrogens (tertiary/aromatic N) is 2. The number of Topliss-reactive ketones (excluding diaryl/α,β-unsaturated/α-hetero) is 1. The lowest BCUT2D eigenvalue weighted by molar-refractivity contribution is 0.0867. The maximum Gasteiger partial charge on any atom is 0.218 e. The maximum absolute atomic E-state index is 12.7. The number of benzene rings is 1. The molecule has 1 atom stereocenters. The molecule has 1 aromatic heterocycles. The van der Waals surface area contributed by atoms with Crippen molar-refractivity contribution in [3.05, 3.63) is 65.5 Å². The number of hydrogen-bond donors (Lipinski definition) is 0. The molecule has 1 aliphatic heterocycles. The maximum atomic E-state index is 12.7. The second kappa shape index (κ2) is 7.45. The predicted octanol–water partition coefficient (Wildman–Crippen LogP) is 2.81. The van der Waals surface area contributed by atoms with Crippen LogP contribution in [-0.4, -0.2) is 36.6 Å². The number of aromatic nitrogens is 1. The van der Waals surface area contributed by atoms with Gasteiger partial charge >= 0.3 is 0 Å². The van der Waals surface area contributed by atoms with E-state index >= 15 is 0 Å². The standard InChI is InChI=1S/C19H22N2O3S/c1-15-7-9-16(10-8-15)14-25(23,24)21-12-4-5-17(13-21)19(22)18-6-2-3-11-20-18/h2-3,6-11,17H,4-5,12-14H2,1H3. The monoisotopic (exact) mass is 358 g/mol. The van der Waals surface area contributed by atoms with Gasteiger partial charge < -0.3 is 0 Å². The summed E-state index contributed by atoms with van der Waals surface area (Å²) < 4.78 is 26.9. The third-order valence-electron chi connectivity index (χ3n) is 4.54. The van der Waals surface area contributed by atoms with E-state index in [-0.39, 0.29) is 24.0 Å². The summed E-state index contributed by atoms with van der Waals surface area (Å²) in [6.45, 7) is 2.68. The fourth-order valence-electron chi connectivity index (χ4n) is 3.11. The molecule has 0 radical (unpaired) electrons. The molecular formula is C19H22N2O3S. The Labute approximate surface area is 148 Å². The van der Waals surface area contributed by atoms with E-state index in [1.807, 2.05) is 31.2 Å². The molecule has 2 aromatic rings. The van der Waals surface area contributed by atoms with Crippen LogP contribution in [0.2, 0.25) is 0 Å². The first-order valence-electron chi connectivity index (χ1n) is 8.44. The Bertz CT molecular complexity index is 833. The van der Waals surface area contributed by atoms with Gasteiger partial charge in [0.1, 0.15) is 5.69 Å². The van der Waals surface area contributed by atoms with Gasteiger partial charge in [0, 0.05) is 25.2 Å². The molecule has 5 nitrogen and oxygen atoms in total. The molecule has 1 unspecified atom stereocenters. The van der Waals surface area contributed by atoms with Crippen LogP contribution < -0.4 is 0 Å². The molecule has 0 saturated carbocycles. The second-order valence-corrected chi connectivity index (χ2v) is 8.49. The molecule has 25 heavy (non-hydrogen) atoms. The second-order valence-electron chi connectivity index (χ2n) is 6.52. The van der Waals surface area contributed by atoms with Crippen LogP contribution >= 0.6 is 0 Å². The molecule has 1 saturated heterocycles. The summed E-state index contributed by atoms with van der Waals surface area (Å²) in [5, 5.41) is 0. The van der Waals surface area contributed by atoms with Gasteiger partial charge in [-0.1, -0.05) is 35.9 Å². The van der Waals surface area contributed by atoms with E-state index in [2.05, 4.69) is 4.98 Å². The summed E-state index contributed by atoms with van der Waals surface area (Å²) >= 11 is 0. The van der Waals surface area contributed by atoms with Gasteiger partial charge in [-0.05, 0) is 37.5 Å². The molecule has 132 valence electrons. The van der Waals surface area contributed by atoms with Crippen LogP contribution in [0.4, 0.5) is 0 Å². The molecule has 6 heteroatoms. The highest BCUT2D eigenvalue weighted by atomic mass is 32.2. The number of rotatable bonds is 5. The number of carbonyl (C=O) groups excluding carboxylic acids is 1. The van der Waals surface area contributed by atoms with Crippen molar-refractivity contribution < 1.29 is 13.2 Å². The van der Waals surface area contributed by atoms with E-state index in [0.29, 0.717) is 25.1 Å². The zero-order chi connectivity index (χ0) is 17.9. The SMILES string of the molecule is Cc1ccc(CS(=O)(=O)N2CCCC(C(=O)c3ccccn3)C2)cc1. The van der Waals surface area contributed by atoms with Crippen LogP contribution in [0.15, 0.2) is 48.7 Å². The highest BCUT2D eigenvalue weighted by molar-refractivity contribution is 7.88. The van der Waals surface area contributed by atoms with Crippen LogP contribution in [0.25, 0.3) is 0 Å². The first-order chi connectivity index (χ1) is 12.0. The Morgan fingerprint density at radius 2 is 1.96 bits per heavy atom. The van der Waals surface area contributed by atoms with E-state index < -0.39 is 10.0 Å². The predicted molar refractivity (Wildman–Crippen MR) is 96.7 cm³/mol. The van der Waals surface area contributed by atoms with Crippen LogP contribution in [0.1, 0.15) is 34.5 Å². The summed E-state index contributed by atoms with van der Waals surface area (Å²) in [4.78, 5) is 16.7. The third-order valence-corrected chi connectivity index (χ3v) is 6.35. The molecule has 1 aliphatic rings. The average Bonchev–Trinajstić information content (AvgIpc) is 2.64. The van der Waals surface area contributed by atoms with Gasteiger partial charge in [0.15, 0.2) is 5.78 Å². The zero-order valence-corrected chi connectivity index (χ0v) is 15.1. The fourth-order valence-corrected chi connectivity index (χ4v) is 4.72. The van der Waals surface area contributed by atoms with Crippen LogP contribution in [-0.2, 0) is 15.8 Å². The summed E-state index contributed by atoms with van der Waals surface area (Å²) in [5.74, 6) is -0.426. The quantitative estimate of drug-likeness (QED) is 0.771. The van der Waals surface area contributed by atoms with Gasteiger partial charge in [0.2, 0.25) is 10.0 Å². The van der Waals surface area contributed by atoms with Gasteiger partial charge in [-0.3, -0.25) is 9.78 Å². The van der Waals surface area contributed by atoms with E-state index in [4.69, 9.17) is 0 Å². The summed E-state index contributed by atoms with van der Waals surface area (Å²) in [5.41, 5.74) is 2.27. The number of ketones is 1. The van der Waals surface area contributed by atoms with Gasteiger partial charge in [0.05, 0.1) is 5.75 Å². The fraction of sp³-hybridized carbons (Fsp3) is 0.368. The van der Waals surface area contributed by atoms with Crippen molar-refractivity contribution in [3.8, 4) is 0 Å². The minimum atomic E-state index is -3.44. The first-order valence-corrected chi connectivity index (χ1v) is 10.1. The van der Waals surface area contributed by atoms with Crippen LogP contribution in [0, 0.1) is 12.8 Å². The van der Waals surface area contributed by atoms with Gasteiger partial charge in [-0.15, -0.1) is 0 Å². The van der Waals surface area contributed by atoms with Crippen LogP contribution in [0.3, 0.4) is 0 Å². The summed E-state index contributed by atoms with van der Waals surface area (Å²) in [7, 11) is -3.44. The molecule has 2 heterocycles. The molecule has 1 fully saturated rings. The summed E-state index contributed by atoms with van der Waals surface area (Å²) in [6.07, 6.45) is 2.98. The number of aryl methyl sites for hydroxylation is 1. The third kappa shape index (κ3) is 4.32. The van der Waals surface area contributed by atoms with E-state index in [0.717, 1.165) is 11.1 Å². The van der Waals surface area contributed by atoms with Crippen molar-refractivity contribution in [2.24, 2.45) is 5.92 Å². The summed E-state index contributed by atoms with van der Waals surface area (Å²) in [6, 6.07) is 12.7.